The molecule has 27 heavy (non-hydrogen) atoms. The predicted octanol–water partition coefficient (Wildman–Crippen LogP) is 2.45. The Balaban J connectivity index is 1.86. The molecule has 0 aliphatic rings. The average molecular weight is 358 g/mol. The number of benzene rings is 2. The number of hydrogen-bond donors (Lipinski definition) is 1. The number of anilines is 1. The number of esters is 1. The lowest BCUT2D eigenvalue weighted by Crippen LogP contribution is -2.11. The van der Waals surface area contributed by atoms with Crippen LogP contribution in [0.5, 0.6) is 0 Å². The largest absolute Gasteiger partial charge is 0.464 e. The number of nitrogens with two attached hydrogens (primary N) is 1. The fourth-order valence-corrected chi connectivity index (χ4v) is 2.85. The van der Waals surface area contributed by atoms with Gasteiger partial charge in [-0.2, -0.15) is 10.1 Å². The van der Waals surface area contributed by atoms with E-state index in [0.717, 1.165) is 5.69 Å². The van der Waals surface area contributed by atoms with Crippen molar-refractivity contribution < 1.29 is 9.53 Å². The Labute approximate surface area is 154 Å². The van der Waals surface area contributed by atoms with E-state index >= 15 is 0 Å². The first-order chi connectivity index (χ1) is 13.1. The van der Waals surface area contributed by atoms with Crippen LogP contribution < -0.4 is 5.73 Å². The predicted molar refractivity (Wildman–Crippen MR) is 98.7 cm³/mol. The van der Waals surface area contributed by atoms with Crippen molar-refractivity contribution in [3.8, 4) is 17.4 Å². The summed E-state index contributed by atoms with van der Waals surface area (Å²) >= 11 is 0. The van der Waals surface area contributed by atoms with Crippen molar-refractivity contribution >= 4 is 22.7 Å². The quantitative estimate of drug-likeness (QED) is 0.563. The van der Waals surface area contributed by atoms with E-state index in [-0.39, 0.29) is 16.9 Å². The second-order valence-electron chi connectivity index (χ2n) is 5.78. The number of nitrogens with zero attached hydrogens (tertiary/aromatic N) is 5. The molecule has 2 aromatic heterocycles. The van der Waals surface area contributed by atoms with Crippen LogP contribution in [0.3, 0.4) is 0 Å². The maximum absolute atomic E-state index is 12.1. The molecule has 2 N–H and O–H groups in total. The van der Waals surface area contributed by atoms with E-state index in [1.807, 2.05) is 36.4 Å². The third-order valence-electron chi connectivity index (χ3n) is 4.17. The van der Waals surface area contributed by atoms with Crippen LogP contribution in [0.4, 0.5) is 5.69 Å². The Morgan fingerprint density at radius 1 is 1.11 bits per heavy atom. The fourth-order valence-electron chi connectivity index (χ4n) is 2.85. The van der Waals surface area contributed by atoms with E-state index in [0.29, 0.717) is 16.7 Å². The number of carbonyl (C=O) groups is 1. The van der Waals surface area contributed by atoms with Gasteiger partial charge in [-0.05, 0) is 30.3 Å². The average Bonchev–Trinajstić information content (AvgIpc) is 3.28. The molecule has 132 valence electrons. The van der Waals surface area contributed by atoms with E-state index in [1.54, 1.807) is 23.0 Å². The Morgan fingerprint density at radius 3 is 2.56 bits per heavy atom. The van der Waals surface area contributed by atoms with Gasteiger partial charge in [0.05, 0.1) is 24.0 Å². The topological polar surface area (TPSA) is 112 Å². The SMILES string of the molecule is COC(=O)c1c(N)c(C#N)cn1-c1ccc2nn(-c3ccccc3)nc2c1. The van der Waals surface area contributed by atoms with Gasteiger partial charge < -0.3 is 15.0 Å². The van der Waals surface area contributed by atoms with Crippen LogP contribution in [0.15, 0.2) is 54.7 Å². The molecule has 0 aliphatic heterocycles. The number of hydrogen-bond acceptors (Lipinski definition) is 6. The molecule has 0 saturated heterocycles. The number of fused-ring (bicyclic) bond motifs is 1. The lowest BCUT2D eigenvalue weighted by molar-refractivity contribution is 0.0593. The Hall–Kier alpha value is -4.12. The zero-order valence-electron chi connectivity index (χ0n) is 14.3. The highest BCUT2D eigenvalue weighted by atomic mass is 16.5. The van der Waals surface area contributed by atoms with Gasteiger partial charge in [-0.25, -0.2) is 4.79 Å². The van der Waals surface area contributed by atoms with Gasteiger partial charge in [0.15, 0.2) is 5.69 Å². The zero-order chi connectivity index (χ0) is 19.0. The van der Waals surface area contributed by atoms with Gasteiger partial charge >= 0.3 is 5.97 Å². The van der Waals surface area contributed by atoms with Gasteiger partial charge in [0.2, 0.25) is 0 Å². The van der Waals surface area contributed by atoms with E-state index in [1.165, 1.54) is 17.9 Å². The molecular formula is C19H14N6O2. The summed E-state index contributed by atoms with van der Waals surface area (Å²) in [6.07, 6.45) is 1.50. The highest BCUT2D eigenvalue weighted by Gasteiger charge is 2.22. The standard InChI is InChI=1S/C19H14N6O2/c1-27-19(26)18-17(21)12(10-20)11-24(18)14-7-8-15-16(9-14)23-25(22-15)13-5-3-2-4-6-13/h2-9,11H,21H2,1H3. The highest BCUT2D eigenvalue weighted by Crippen LogP contribution is 2.26. The molecule has 0 fully saturated rings. The van der Waals surface area contributed by atoms with Crippen molar-refractivity contribution in [1.82, 2.24) is 19.6 Å². The molecule has 0 spiro atoms. The summed E-state index contributed by atoms with van der Waals surface area (Å²) in [6.45, 7) is 0. The van der Waals surface area contributed by atoms with Gasteiger partial charge in [0.1, 0.15) is 17.1 Å². The molecule has 4 aromatic rings. The number of nitrogen functional groups attached to an aromatic ring is 1. The number of ether oxygens (including phenoxy) is 1. The number of aromatic nitrogens is 4. The molecule has 0 amide bonds. The summed E-state index contributed by atoms with van der Waals surface area (Å²) in [5, 5.41) is 18.2. The monoisotopic (exact) mass is 358 g/mol. The number of methoxy groups -OCH3 is 1. The number of rotatable bonds is 3. The van der Waals surface area contributed by atoms with Gasteiger partial charge in [-0.3, -0.25) is 0 Å². The van der Waals surface area contributed by atoms with Crippen molar-refractivity contribution in [2.24, 2.45) is 0 Å². The van der Waals surface area contributed by atoms with Crippen molar-refractivity contribution in [2.45, 2.75) is 0 Å². The Kier molecular flexibility index (Phi) is 3.82. The van der Waals surface area contributed by atoms with Crippen LogP contribution in [0, 0.1) is 11.3 Å². The molecule has 0 saturated carbocycles. The zero-order valence-corrected chi connectivity index (χ0v) is 14.3. The molecule has 4 rings (SSSR count). The Morgan fingerprint density at radius 2 is 1.85 bits per heavy atom. The van der Waals surface area contributed by atoms with Crippen LogP contribution in [0.2, 0.25) is 0 Å². The van der Waals surface area contributed by atoms with E-state index in [2.05, 4.69) is 10.2 Å². The van der Waals surface area contributed by atoms with Crippen molar-refractivity contribution in [3.63, 3.8) is 0 Å². The molecule has 0 radical (unpaired) electrons. The lowest BCUT2D eigenvalue weighted by Gasteiger charge is -2.08. The summed E-state index contributed by atoms with van der Waals surface area (Å²) in [6, 6.07) is 16.9. The van der Waals surface area contributed by atoms with E-state index in [4.69, 9.17) is 10.5 Å². The minimum absolute atomic E-state index is 0.0809. The third kappa shape index (κ3) is 2.67. The summed E-state index contributed by atoms with van der Waals surface area (Å²) in [5.41, 5.74) is 9.12. The smallest absolute Gasteiger partial charge is 0.357 e. The van der Waals surface area contributed by atoms with Gasteiger partial charge in [0, 0.05) is 11.9 Å². The molecule has 8 heteroatoms. The summed E-state index contributed by atoms with van der Waals surface area (Å²) in [4.78, 5) is 13.7. The van der Waals surface area contributed by atoms with Crippen LogP contribution >= 0.6 is 0 Å². The number of nitriles is 1. The van der Waals surface area contributed by atoms with E-state index < -0.39 is 5.97 Å². The highest BCUT2D eigenvalue weighted by molar-refractivity contribution is 5.96. The minimum Gasteiger partial charge on any atom is -0.464 e. The van der Waals surface area contributed by atoms with Crippen molar-refractivity contribution in [3.05, 3.63) is 66.0 Å². The van der Waals surface area contributed by atoms with E-state index in [9.17, 15) is 10.1 Å². The van der Waals surface area contributed by atoms with Crippen molar-refractivity contribution in [2.75, 3.05) is 12.8 Å². The second-order valence-corrected chi connectivity index (χ2v) is 5.78. The Bertz CT molecular complexity index is 1200. The van der Waals surface area contributed by atoms with Crippen LogP contribution in [-0.4, -0.2) is 32.6 Å². The molecule has 0 aliphatic carbocycles. The number of carbonyl (C=O) groups excluding carboxylic acids is 1. The molecule has 2 heterocycles. The van der Waals surface area contributed by atoms with Gasteiger partial charge in [-0.15, -0.1) is 10.2 Å². The lowest BCUT2D eigenvalue weighted by atomic mass is 10.2. The molecule has 0 unspecified atom stereocenters. The molecular weight excluding hydrogens is 344 g/mol. The molecule has 8 nitrogen and oxygen atoms in total. The van der Waals surface area contributed by atoms with Crippen LogP contribution in [0.1, 0.15) is 16.1 Å². The maximum Gasteiger partial charge on any atom is 0.357 e. The van der Waals surface area contributed by atoms with Gasteiger partial charge in [-0.1, -0.05) is 18.2 Å². The molecule has 2 aromatic carbocycles. The summed E-state index contributed by atoms with van der Waals surface area (Å²) in [7, 11) is 1.26. The first-order valence-electron chi connectivity index (χ1n) is 8.04. The summed E-state index contributed by atoms with van der Waals surface area (Å²) < 4.78 is 6.33. The third-order valence-corrected chi connectivity index (χ3v) is 4.17. The van der Waals surface area contributed by atoms with Crippen molar-refractivity contribution in [1.29, 1.82) is 5.26 Å². The van der Waals surface area contributed by atoms with Crippen LogP contribution in [0.25, 0.3) is 22.4 Å². The second kappa shape index (κ2) is 6.31. The molecule has 0 atom stereocenters. The minimum atomic E-state index is -0.623. The normalized spacial score (nSPS) is 10.7. The first-order valence-corrected chi connectivity index (χ1v) is 8.04. The first kappa shape index (κ1) is 16.4. The number of para-hydroxylation sites is 1. The summed E-state index contributed by atoms with van der Waals surface area (Å²) in [5.74, 6) is -0.623. The molecule has 0 bridgehead atoms. The van der Waals surface area contributed by atoms with Gasteiger partial charge in [0.25, 0.3) is 0 Å². The maximum atomic E-state index is 12.1. The fraction of sp³-hybridized carbons (Fsp3) is 0.0526. The van der Waals surface area contributed by atoms with Crippen LogP contribution in [-0.2, 0) is 4.74 Å².